The summed E-state index contributed by atoms with van der Waals surface area (Å²) < 4.78 is 18.6. The number of benzene rings is 2. The van der Waals surface area contributed by atoms with Crippen molar-refractivity contribution in [2.75, 3.05) is 20.2 Å². The van der Waals surface area contributed by atoms with E-state index >= 15 is 0 Å². The van der Waals surface area contributed by atoms with Crippen LogP contribution in [-0.2, 0) is 11.3 Å². The summed E-state index contributed by atoms with van der Waals surface area (Å²) in [5, 5.41) is 12.6. The zero-order valence-electron chi connectivity index (χ0n) is 14.3. The van der Waals surface area contributed by atoms with Crippen molar-refractivity contribution in [3.05, 3.63) is 58.9 Å². The highest BCUT2D eigenvalue weighted by Gasteiger charge is 2.32. The van der Waals surface area contributed by atoms with Crippen molar-refractivity contribution in [3.63, 3.8) is 0 Å². The van der Waals surface area contributed by atoms with Crippen molar-refractivity contribution in [3.8, 4) is 11.5 Å². The number of hydrogen-bond acceptors (Lipinski definition) is 4. The Bertz CT molecular complexity index is 794. The highest BCUT2D eigenvalue weighted by atomic mass is 19.1. The second-order valence-electron chi connectivity index (χ2n) is 6.17. The molecule has 25 heavy (non-hydrogen) atoms. The van der Waals surface area contributed by atoms with E-state index in [1.54, 1.807) is 24.3 Å². The summed E-state index contributed by atoms with van der Waals surface area (Å²) in [6, 6.07) is 9.16. The molecule has 0 aliphatic carbocycles. The SMILES string of the molecule is COc1cc(CN2CCNC(=O)[C@@H]2c2ccc(F)cc2C)ccc1O. The van der Waals surface area contributed by atoms with Crippen LogP contribution < -0.4 is 10.1 Å². The van der Waals surface area contributed by atoms with Crippen LogP contribution in [0.25, 0.3) is 0 Å². The van der Waals surface area contributed by atoms with E-state index in [1.807, 2.05) is 11.8 Å². The molecule has 0 bridgehead atoms. The quantitative estimate of drug-likeness (QED) is 0.895. The van der Waals surface area contributed by atoms with Gasteiger partial charge in [0.2, 0.25) is 5.91 Å². The molecule has 1 fully saturated rings. The maximum Gasteiger partial charge on any atom is 0.242 e. The monoisotopic (exact) mass is 344 g/mol. The van der Waals surface area contributed by atoms with Crippen LogP contribution in [0.1, 0.15) is 22.7 Å². The van der Waals surface area contributed by atoms with E-state index in [0.29, 0.717) is 25.4 Å². The van der Waals surface area contributed by atoms with E-state index in [1.165, 1.54) is 19.2 Å². The van der Waals surface area contributed by atoms with Crippen molar-refractivity contribution in [2.45, 2.75) is 19.5 Å². The number of piperazine rings is 1. The third-order valence-electron chi connectivity index (χ3n) is 4.47. The van der Waals surface area contributed by atoms with Gasteiger partial charge in [0.05, 0.1) is 7.11 Å². The van der Waals surface area contributed by atoms with E-state index < -0.39 is 6.04 Å². The van der Waals surface area contributed by atoms with Gasteiger partial charge < -0.3 is 15.2 Å². The van der Waals surface area contributed by atoms with Gasteiger partial charge in [-0.15, -0.1) is 0 Å². The number of rotatable bonds is 4. The third-order valence-corrected chi connectivity index (χ3v) is 4.47. The standard InChI is InChI=1S/C19H21FN2O3/c1-12-9-14(20)4-5-15(12)18-19(24)21-7-8-22(18)11-13-3-6-16(23)17(10-13)25-2/h3-6,9-10,18,23H,7-8,11H2,1-2H3,(H,21,24)/t18-/m0/s1. The first-order chi connectivity index (χ1) is 12.0. The summed E-state index contributed by atoms with van der Waals surface area (Å²) in [7, 11) is 1.50. The van der Waals surface area contributed by atoms with E-state index in [4.69, 9.17) is 4.74 Å². The lowest BCUT2D eigenvalue weighted by Crippen LogP contribution is -2.49. The van der Waals surface area contributed by atoms with Crippen LogP contribution in [0.4, 0.5) is 4.39 Å². The van der Waals surface area contributed by atoms with Crippen molar-refractivity contribution >= 4 is 5.91 Å². The number of phenols is 1. The molecule has 0 spiro atoms. The highest BCUT2D eigenvalue weighted by Crippen LogP contribution is 2.31. The van der Waals surface area contributed by atoms with Gasteiger partial charge in [0.25, 0.3) is 0 Å². The Hall–Kier alpha value is -2.60. The summed E-state index contributed by atoms with van der Waals surface area (Å²) in [5.41, 5.74) is 2.47. The molecule has 1 heterocycles. The molecular formula is C19H21FN2O3. The van der Waals surface area contributed by atoms with Crippen molar-refractivity contribution in [1.29, 1.82) is 0 Å². The second kappa shape index (κ2) is 7.11. The number of amides is 1. The molecule has 1 saturated heterocycles. The second-order valence-corrected chi connectivity index (χ2v) is 6.17. The molecule has 0 saturated carbocycles. The van der Waals surface area contributed by atoms with E-state index in [-0.39, 0.29) is 17.5 Å². The molecule has 1 amide bonds. The van der Waals surface area contributed by atoms with Crippen molar-refractivity contribution in [1.82, 2.24) is 10.2 Å². The largest absolute Gasteiger partial charge is 0.504 e. The fourth-order valence-electron chi connectivity index (χ4n) is 3.22. The van der Waals surface area contributed by atoms with Gasteiger partial charge in [-0.25, -0.2) is 4.39 Å². The lowest BCUT2D eigenvalue weighted by atomic mass is 9.97. The Labute approximate surface area is 146 Å². The molecule has 1 atom stereocenters. The number of nitrogens with one attached hydrogen (secondary N) is 1. The number of carbonyl (C=O) groups excluding carboxylic acids is 1. The molecule has 3 rings (SSSR count). The van der Waals surface area contributed by atoms with Gasteiger partial charge in [-0.2, -0.15) is 0 Å². The normalized spacial score (nSPS) is 18.0. The summed E-state index contributed by atoms with van der Waals surface area (Å²) in [4.78, 5) is 14.5. The average Bonchev–Trinajstić information content (AvgIpc) is 2.58. The molecule has 0 aromatic heterocycles. The van der Waals surface area contributed by atoms with Crippen LogP contribution >= 0.6 is 0 Å². The Balaban J connectivity index is 1.91. The summed E-state index contributed by atoms with van der Waals surface area (Å²) >= 11 is 0. The Kier molecular flexibility index (Phi) is 4.90. The van der Waals surface area contributed by atoms with Crippen molar-refractivity contribution < 1.29 is 19.0 Å². The molecule has 132 valence electrons. The summed E-state index contributed by atoms with van der Waals surface area (Å²) in [6.07, 6.45) is 0. The number of halogens is 1. The molecule has 2 N–H and O–H groups in total. The number of nitrogens with zero attached hydrogens (tertiary/aromatic N) is 1. The van der Waals surface area contributed by atoms with Gasteiger partial charge in [0.1, 0.15) is 11.9 Å². The topological polar surface area (TPSA) is 61.8 Å². The lowest BCUT2D eigenvalue weighted by Gasteiger charge is -2.36. The van der Waals surface area contributed by atoms with Gasteiger partial charge in [-0.3, -0.25) is 9.69 Å². The van der Waals surface area contributed by atoms with Crippen molar-refractivity contribution in [2.24, 2.45) is 0 Å². The average molecular weight is 344 g/mol. The maximum absolute atomic E-state index is 13.4. The third kappa shape index (κ3) is 3.58. The molecule has 1 aliphatic heterocycles. The Morgan fingerprint density at radius 1 is 1.32 bits per heavy atom. The first kappa shape index (κ1) is 17.2. The number of aryl methyl sites for hydroxylation is 1. The minimum atomic E-state index is -0.478. The fraction of sp³-hybridized carbons (Fsp3) is 0.316. The molecule has 0 radical (unpaired) electrons. The van der Waals surface area contributed by atoms with Gasteiger partial charge in [-0.1, -0.05) is 12.1 Å². The molecular weight excluding hydrogens is 323 g/mol. The van der Waals surface area contributed by atoms with Crippen LogP contribution in [0.3, 0.4) is 0 Å². The van der Waals surface area contributed by atoms with E-state index in [0.717, 1.165) is 16.7 Å². The number of carbonyl (C=O) groups is 1. The zero-order chi connectivity index (χ0) is 18.0. The van der Waals surface area contributed by atoms with Gasteiger partial charge in [0, 0.05) is 19.6 Å². The van der Waals surface area contributed by atoms with Crippen LogP contribution in [0.15, 0.2) is 36.4 Å². The van der Waals surface area contributed by atoms with Gasteiger partial charge in [0.15, 0.2) is 11.5 Å². The highest BCUT2D eigenvalue weighted by molar-refractivity contribution is 5.84. The number of ether oxygens (including phenoxy) is 1. The number of phenolic OH excluding ortho intramolecular Hbond substituents is 1. The van der Waals surface area contributed by atoms with Crippen LogP contribution in [0.5, 0.6) is 11.5 Å². The van der Waals surface area contributed by atoms with Gasteiger partial charge >= 0.3 is 0 Å². The number of methoxy groups -OCH3 is 1. The minimum Gasteiger partial charge on any atom is -0.504 e. The minimum absolute atomic E-state index is 0.0774. The number of hydrogen-bond donors (Lipinski definition) is 2. The van der Waals surface area contributed by atoms with E-state index in [9.17, 15) is 14.3 Å². The van der Waals surface area contributed by atoms with E-state index in [2.05, 4.69) is 5.32 Å². The smallest absolute Gasteiger partial charge is 0.242 e. The predicted molar refractivity (Wildman–Crippen MR) is 92.0 cm³/mol. The summed E-state index contributed by atoms with van der Waals surface area (Å²) in [6.45, 7) is 3.56. The Morgan fingerprint density at radius 3 is 2.84 bits per heavy atom. The van der Waals surface area contributed by atoms with Crippen LogP contribution in [0.2, 0.25) is 0 Å². The van der Waals surface area contributed by atoms with Crippen LogP contribution in [-0.4, -0.2) is 36.1 Å². The molecule has 1 aliphatic rings. The zero-order valence-corrected chi connectivity index (χ0v) is 14.3. The Morgan fingerprint density at radius 2 is 2.12 bits per heavy atom. The lowest BCUT2D eigenvalue weighted by molar-refractivity contribution is -0.129. The van der Waals surface area contributed by atoms with Crippen LogP contribution in [0, 0.1) is 12.7 Å². The predicted octanol–water partition coefficient (Wildman–Crippen LogP) is 2.52. The molecule has 0 unspecified atom stereocenters. The summed E-state index contributed by atoms with van der Waals surface area (Å²) in [5.74, 6) is 0.0704. The van der Waals surface area contributed by atoms with Gasteiger partial charge in [-0.05, 0) is 47.9 Å². The molecule has 5 nitrogen and oxygen atoms in total. The first-order valence-electron chi connectivity index (χ1n) is 8.13. The number of aromatic hydroxyl groups is 1. The maximum atomic E-state index is 13.4. The molecule has 2 aromatic carbocycles. The molecule has 2 aromatic rings. The fourth-order valence-corrected chi connectivity index (χ4v) is 3.22. The molecule has 6 heteroatoms. The first-order valence-corrected chi connectivity index (χ1v) is 8.13.